The fraction of sp³-hybridized carbons (Fsp3) is 0.333. The second-order valence-electron chi connectivity index (χ2n) is 6.58. The van der Waals surface area contributed by atoms with E-state index in [9.17, 15) is 22.8 Å². The second kappa shape index (κ2) is 9.43. The molecule has 168 valence electrons. The first-order valence-corrected chi connectivity index (χ1v) is 11.6. The fourth-order valence-electron chi connectivity index (χ4n) is 3.19. The molecule has 1 amide bonds. The van der Waals surface area contributed by atoms with Gasteiger partial charge >= 0.3 is 187 Å². The van der Waals surface area contributed by atoms with Crippen molar-refractivity contribution < 1.29 is 58.2 Å². The van der Waals surface area contributed by atoms with Crippen molar-refractivity contribution in [2.45, 2.75) is 30.2 Å². The van der Waals surface area contributed by atoms with Gasteiger partial charge in [-0.2, -0.15) is 0 Å². The Labute approximate surface area is 187 Å². The molecule has 1 aliphatic heterocycles. The number of carbonyl (C=O) groups is 2. The van der Waals surface area contributed by atoms with Crippen LogP contribution in [0, 0.1) is 6.92 Å². The summed E-state index contributed by atoms with van der Waals surface area (Å²) in [6.45, 7) is 3.55. The Morgan fingerprint density at radius 1 is 1.23 bits per heavy atom. The third kappa shape index (κ3) is 5.12. The molecule has 0 bridgehead atoms. The molecule has 1 N–H and O–H groups in total. The number of alkyl halides is 4. The fourth-order valence-corrected chi connectivity index (χ4v) is 5.02. The van der Waals surface area contributed by atoms with Gasteiger partial charge in [0.15, 0.2) is 0 Å². The minimum absolute atomic E-state index is 0.148. The molecule has 0 saturated carbocycles. The molecule has 2 aromatic carbocycles. The predicted octanol–water partition coefficient (Wildman–Crippen LogP) is 1.65. The van der Waals surface area contributed by atoms with E-state index < -0.39 is 53.0 Å². The van der Waals surface area contributed by atoms with Gasteiger partial charge in [-0.25, -0.2) is 0 Å². The van der Waals surface area contributed by atoms with Crippen molar-refractivity contribution in [1.82, 2.24) is 0 Å². The van der Waals surface area contributed by atoms with Crippen LogP contribution in [-0.4, -0.2) is 27.7 Å². The van der Waals surface area contributed by atoms with Crippen molar-refractivity contribution in [3.05, 3.63) is 58.7 Å². The summed E-state index contributed by atoms with van der Waals surface area (Å²) in [6.07, 6.45) is -5.60. The van der Waals surface area contributed by atoms with Crippen molar-refractivity contribution in [3.63, 3.8) is 0 Å². The Kier molecular flexibility index (Phi) is 7.10. The SMILES string of the molecule is CCOC(=O)[I-]C1O[C@H](c2cccc(OC)c2C)c2cc(C(F)(F)F)ccc2NC1=O. The Morgan fingerprint density at radius 3 is 2.61 bits per heavy atom. The van der Waals surface area contributed by atoms with Crippen LogP contribution in [0.1, 0.15) is 35.3 Å². The zero-order chi connectivity index (χ0) is 22.8. The van der Waals surface area contributed by atoms with Crippen LogP contribution in [0.3, 0.4) is 0 Å². The molecule has 10 heteroatoms. The van der Waals surface area contributed by atoms with Crippen LogP contribution in [-0.2, 0) is 20.4 Å². The van der Waals surface area contributed by atoms with E-state index in [1.807, 2.05) is 0 Å². The molecule has 2 aromatic rings. The van der Waals surface area contributed by atoms with E-state index >= 15 is 0 Å². The van der Waals surface area contributed by atoms with Gasteiger partial charge < -0.3 is 0 Å². The Balaban J connectivity index is 2.14. The molecular weight excluding hydrogens is 530 g/mol. The molecule has 1 heterocycles. The van der Waals surface area contributed by atoms with E-state index in [1.165, 1.54) is 13.2 Å². The summed E-state index contributed by atoms with van der Waals surface area (Å²) in [5.41, 5.74) is 0.666. The number of carbonyl (C=O) groups excluding carboxylic acids is 2. The van der Waals surface area contributed by atoms with Crippen LogP contribution in [0.2, 0.25) is 0 Å². The molecule has 31 heavy (non-hydrogen) atoms. The Hall–Kier alpha value is -2.34. The maximum absolute atomic E-state index is 13.4. The van der Waals surface area contributed by atoms with Gasteiger partial charge in [0.2, 0.25) is 0 Å². The Morgan fingerprint density at radius 2 is 1.97 bits per heavy atom. The van der Waals surface area contributed by atoms with E-state index in [1.54, 1.807) is 32.0 Å². The van der Waals surface area contributed by atoms with Crippen LogP contribution in [0.25, 0.3) is 0 Å². The molecule has 2 atom stereocenters. The van der Waals surface area contributed by atoms with Gasteiger partial charge in [0.05, 0.1) is 0 Å². The first-order chi connectivity index (χ1) is 14.7. The van der Waals surface area contributed by atoms with Gasteiger partial charge in [-0.1, -0.05) is 0 Å². The van der Waals surface area contributed by atoms with Crippen LogP contribution in [0.4, 0.5) is 23.7 Å². The molecule has 0 aliphatic carbocycles. The molecule has 6 nitrogen and oxygen atoms in total. The van der Waals surface area contributed by atoms with Crippen molar-refractivity contribution in [2.75, 3.05) is 19.0 Å². The summed E-state index contributed by atoms with van der Waals surface area (Å²) in [4.78, 5) is 24.8. The average molecular weight is 550 g/mol. The Bertz CT molecular complexity index is 995. The van der Waals surface area contributed by atoms with Gasteiger partial charge in [0.1, 0.15) is 0 Å². The van der Waals surface area contributed by atoms with Crippen LogP contribution in [0.5, 0.6) is 5.75 Å². The van der Waals surface area contributed by atoms with Crippen LogP contribution < -0.4 is 31.3 Å². The first-order valence-electron chi connectivity index (χ1n) is 9.26. The number of ether oxygens (including phenoxy) is 3. The summed E-state index contributed by atoms with van der Waals surface area (Å²) >= 11 is -1.55. The van der Waals surface area contributed by atoms with Gasteiger partial charge in [0.25, 0.3) is 0 Å². The maximum atomic E-state index is 13.4. The van der Waals surface area contributed by atoms with Gasteiger partial charge in [-0.15, -0.1) is 0 Å². The summed E-state index contributed by atoms with van der Waals surface area (Å²) in [7, 11) is 1.48. The van der Waals surface area contributed by atoms with Crippen LogP contribution in [0.15, 0.2) is 36.4 Å². The number of hydrogen-bond donors (Lipinski definition) is 1. The number of rotatable bonds is 5. The van der Waals surface area contributed by atoms with Crippen molar-refractivity contribution in [1.29, 1.82) is 0 Å². The number of amides is 1. The van der Waals surface area contributed by atoms with Crippen molar-refractivity contribution >= 4 is 15.6 Å². The van der Waals surface area contributed by atoms with E-state index in [2.05, 4.69) is 5.32 Å². The standard InChI is InChI=1S/C21H20F3INO5/c1-4-30-20(28)25-18-19(27)26-15-9-8-12(21(22,23)24)10-14(15)17(31-18)13-6-5-7-16(29-3)11(13)2/h5-10,17-18H,4H2,1-3H3,(H,26,27)/q-1/t17-,18?/m1/s1. The van der Waals surface area contributed by atoms with Crippen molar-refractivity contribution in [3.8, 4) is 5.75 Å². The zero-order valence-electron chi connectivity index (χ0n) is 16.9. The number of fused-ring (bicyclic) bond motifs is 1. The number of nitrogens with one attached hydrogen (secondary N) is 1. The second-order valence-corrected chi connectivity index (χ2v) is 9.21. The molecule has 1 unspecified atom stereocenters. The zero-order valence-corrected chi connectivity index (χ0v) is 19.0. The van der Waals surface area contributed by atoms with Crippen LogP contribution >= 0.6 is 0 Å². The third-order valence-electron chi connectivity index (χ3n) is 4.66. The first kappa shape index (κ1) is 23.3. The number of benzene rings is 2. The number of halogens is 4. The predicted molar refractivity (Wildman–Crippen MR) is 102 cm³/mol. The molecule has 0 spiro atoms. The molecule has 1 aliphatic rings. The summed E-state index contributed by atoms with van der Waals surface area (Å²) < 4.78 is 54.8. The van der Waals surface area contributed by atoms with E-state index in [4.69, 9.17) is 14.2 Å². The molecule has 0 saturated heterocycles. The normalized spacial score (nSPS) is 18.7. The molecule has 3 rings (SSSR count). The third-order valence-corrected chi connectivity index (χ3v) is 6.90. The molecule has 0 aromatic heterocycles. The van der Waals surface area contributed by atoms with E-state index in [0.717, 1.165) is 12.1 Å². The topological polar surface area (TPSA) is 73.9 Å². The number of hydrogen-bond acceptors (Lipinski definition) is 5. The van der Waals surface area contributed by atoms with Gasteiger partial charge in [-0.05, 0) is 0 Å². The summed E-state index contributed by atoms with van der Waals surface area (Å²) in [5, 5.41) is 2.60. The summed E-state index contributed by atoms with van der Waals surface area (Å²) in [6, 6.07) is 8.16. The number of anilines is 1. The molecule has 0 radical (unpaired) electrons. The molecule has 0 fully saturated rings. The van der Waals surface area contributed by atoms with Crippen molar-refractivity contribution in [2.24, 2.45) is 0 Å². The van der Waals surface area contributed by atoms with Gasteiger partial charge in [-0.3, -0.25) is 0 Å². The summed E-state index contributed by atoms with van der Waals surface area (Å²) in [5.74, 6) is -0.0697. The van der Waals surface area contributed by atoms with E-state index in [-0.39, 0.29) is 17.9 Å². The average Bonchev–Trinajstić information content (AvgIpc) is 2.84. The van der Waals surface area contributed by atoms with E-state index in [0.29, 0.717) is 16.9 Å². The minimum atomic E-state index is -4.57. The quantitative estimate of drug-likeness (QED) is 0.349. The molecular formula is C21H20F3INO5-. The van der Waals surface area contributed by atoms with Gasteiger partial charge in [0, 0.05) is 0 Å². The monoisotopic (exact) mass is 550 g/mol. The number of methoxy groups -OCH3 is 1.